The van der Waals surface area contributed by atoms with E-state index in [0.29, 0.717) is 22.2 Å². The first-order chi connectivity index (χ1) is 12.8. The molecule has 3 atom stereocenters. The predicted molar refractivity (Wildman–Crippen MR) is 101 cm³/mol. The first-order valence-corrected chi connectivity index (χ1v) is 9.93. The molecule has 9 nitrogen and oxygen atoms in total. The highest BCUT2D eigenvalue weighted by Gasteiger charge is 2.59. The maximum atomic E-state index is 12.9. The van der Waals surface area contributed by atoms with Crippen LogP contribution in [0.5, 0.6) is 0 Å². The number of fused-ring (bicyclic) bond motifs is 1. The maximum Gasteiger partial charge on any atom is 0.352 e. The zero-order valence-corrected chi connectivity index (χ0v) is 15.8. The number of nitrogen functional groups attached to an aromatic ring is 1. The Hall–Kier alpha value is -2.66. The number of carbonyl (C=O) groups excluding carboxylic acids is 2. The molecule has 3 N–H and O–H groups in total. The van der Waals surface area contributed by atoms with E-state index in [-0.39, 0.29) is 11.4 Å². The van der Waals surface area contributed by atoms with Crippen molar-refractivity contribution in [2.45, 2.75) is 24.5 Å². The highest BCUT2D eigenvalue weighted by molar-refractivity contribution is 8.00. The van der Waals surface area contributed by atoms with Crippen molar-refractivity contribution in [3.05, 3.63) is 35.0 Å². The number of carboxylic acids is 1. The van der Waals surface area contributed by atoms with E-state index in [4.69, 9.17) is 5.73 Å². The van der Waals surface area contributed by atoms with Gasteiger partial charge in [-0.05, 0) is 12.5 Å². The lowest BCUT2D eigenvalue weighted by Crippen LogP contribution is -2.72. The van der Waals surface area contributed by atoms with Crippen molar-refractivity contribution in [2.75, 3.05) is 11.5 Å². The van der Waals surface area contributed by atoms with Crippen LogP contribution in [-0.2, 0) is 14.4 Å². The van der Waals surface area contributed by atoms with E-state index in [0.717, 1.165) is 0 Å². The third kappa shape index (κ3) is 2.49. The highest BCUT2D eigenvalue weighted by Crippen LogP contribution is 2.44. The number of aliphatic carboxylic acids is 1. The molecule has 0 bridgehead atoms. The number of thioether (sulfide) groups is 1. The van der Waals surface area contributed by atoms with Crippen LogP contribution >= 0.6 is 23.1 Å². The zero-order chi connectivity index (χ0) is 19.5. The lowest BCUT2D eigenvalue weighted by atomic mass is 10.0. The standard InChI is InChI=1S/C16H15N5O4S2/c1-3-7-4-26-14-11(13(23)21(14)10(7)15(24)25)20-6(2)18-9(12(20)22)8-5-27-16(17)19-8/h3,5-6,11,14H,1,4H2,2H3,(H2,17,19)(H,24,25)/t6?,11-,14-/m1/s1. The van der Waals surface area contributed by atoms with Gasteiger partial charge < -0.3 is 15.7 Å². The Labute approximate surface area is 162 Å². The molecule has 2 amide bonds. The largest absolute Gasteiger partial charge is 0.477 e. The number of nitrogens with two attached hydrogens (primary N) is 1. The summed E-state index contributed by atoms with van der Waals surface area (Å²) in [6.07, 6.45) is 0.898. The normalized spacial score (nSPS) is 27.4. The molecule has 0 spiro atoms. The third-order valence-electron chi connectivity index (χ3n) is 4.64. The number of hydrogen-bond acceptors (Lipinski definition) is 8. The van der Waals surface area contributed by atoms with Gasteiger partial charge in [0.2, 0.25) is 0 Å². The van der Waals surface area contributed by atoms with Crippen LogP contribution in [0.1, 0.15) is 12.6 Å². The summed E-state index contributed by atoms with van der Waals surface area (Å²) in [6, 6.07) is -0.768. The molecule has 1 fully saturated rings. The summed E-state index contributed by atoms with van der Waals surface area (Å²) in [5, 5.41) is 11.0. The predicted octanol–water partition coefficient (Wildman–Crippen LogP) is 0.511. The molecule has 11 heteroatoms. The Kier molecular flexibility index (Phi) is 4.07. The zero-order valence-electron chi connectivity index (χ0n) is 14.2. The van der Waals surface area contributed by atoms with Crippen molar-refractivity contribution in [3.8, 4) is 0 Å². The minimum atomic E-state index is -1.18. The fourth-order valence-corrected chi connectivity index (χ4v) is 5.37. The Bertz CT molecular complexity index is 952. The van der Waals surface area contributed by atoms with Crippen LogP contribution in [-0.4, -0.2) is 66.7 Å². The van der Waals surface area contributed by atoms with Gasteiger partial charge in [-0.1, -0.05) is 12.7 Å². The SMILES string of the molecule is C=CC1=C(C(=O)O)N2C(=O)[C@@H](N3C(=O)C(c4csc(N)n4)=NC3C)[C@H]2SC1. The second kappa shape index (κ2) is 6.20. The average molecular weight is 405 g/mol. The Balaban J connectivity index is 1.63. The highest BCUT2D eigenvalue weighted by atomic mass is 32.2. The lowest BCUT2D eigenvalue weighted by molar-refractivity contribution is -0.158. The molecule has 1 aromatic rings. The molecule has 1 saturated heterocycles. The number of nitrogens with zero attached hydrogens (tertiary/aromatic N) is 4. The number of aliphatic imine (C=N–C) groups is 1. The summed E-state index contributed by atoms with van der Waals surface area (Å²) in [4.78, 5) is 48.4. The molecule has 3 aliphatic heterocycles. The molecule has 0 saturated carbocycles. The van der Waals surface area contributed by atoms with Crippen LogP contribution in [0, 0.1) is 0 Å². The summed E-state index contributed by atoms with van der Waals surface area (Å²) in [5.74, 6) is -1.61. The average Bonchev–Trinajstić information content (AvgIpc) is 3.18. The lowest BCUT2D eigenvalue weighted by Gasteiger charge is -2.52. The van der Waals surface area contributed by atoms with E-state index in [1.807, 2.05) is 0 Å². The number of β-lactam (4-membered cyclic amide) rings is 1. The minimum Gasteiger partial charge on any atom is -0.477 e. The Morgan fingerprint density at radius 1 is 1.48 bits per heavy atom. The number of hydrogen-bond donors (Lipinski definition) is 2. The number of carboxylic acid groups (broad SMARTS) is 1. The maximum absolute atomic E-state index is 12.9. The Morgan fingerprint density at radius 3 is 2.81 bits per heavy atom. The van der Waals surface area contributed by atoms with Gasteiger partial charge in [0, 0.05) is 11.1 Å². The van der Waals surface area contributed by atoms with Gasteiger partial charge in [0.1, 0.15) is 29.0 Å². The number of allylic oxidation sites excluding steroid dienone is 1. The molecule has 4 rings (SSSR count). The fourth-order valence-electron chi connectivity index (χ4n) is 3.43. The van der Waals surface area contributed by atoms with Crippen molar-refractivity contribution in [2.24, 2.45) is 4.99 Å². The van der Waals surface area contributed by atoms with Gasteiger partial charge in [0.25, 0.3) is 11.8 Å². The van der Waals surface area contributed by atoms with Crippen LogP contribution in [0.2, 0.25) is 0 Å². The summed E-state index contributed by atoms with van der Waals surface area (Å²) in [6.45, 7) is 5.34. The van der Waals surface area contributed by atoms with E-state index < -0.39 is 35.4 Å². The number of thiazole rings is 1. The van der Waals surface area contributed by atoms with E-state index in [9.17, 15) is 19.5 Å². The summed E-state index contributed by atoms with van der Waals surface area (Å²) in [5.41, 5.74) is 6.61. The van der Waals surface area contributed by atoms with E-state index in [1.54, 1.807) is 12.3 Å². The molecule has 140 valence electrons. The molecular weight excluding hydrogens is 390 g/mol. The molecule has 27 heavy (non-hydrogen) atoms. The molecule has 3 aliphatic rings. The monoisotopic (exact) mass is 405 g/mol. The molecule has 0 aromatic carbocycles. The molecule has 1 aromatic heterocycles. The topological polar surface area (TPSA) is 129 Å². The summed E-state index contributed by atoms with van der Waals surface area (Å²) >= 11 is 2.61. The summed E-state index contributed by atoms with van der Waals surface area (Å²) in [7, 11) is 0. The van der Waals surface area contributed by atoms with E-state index in [2.05, 4.69) is 16.6 Å². The van der Waals surface area contributed by atoms with Crippen molar-refractivity contribution in [1.82, 2.24) is 14.8 Å². The van der Waals surface area contributed by atoms with Crippen LogP contribution in [0.25, 0.3) is 0 Å². The first kappa shape index (κ1) is 17.7. The number of carbonyl (C=O) groups is 3. The first-order valence-electron chi connectivity index (χ1n) is 8.00. The molecule has 4 heterocycles. The Morgan fingerprint density at radius 2 is 2.22 bits per heavy atom. The van der Waals surface area contributed by atoms with Crippen molar-refractivity contribution in [3.63, 3.8) is 0 Å². The molecule has 1 unspecified atom stereocenters. The third-order valence-corrected chi connectivity index (χ3v) is 6.60. The molecular formula is C16H15N5O4S2. The van der Waals surface area contributed by atoms with Crippen LogP contribution in [0.4, 0.5) is 5.13 Å². The quantitative estimate of drug-likeness (QED) is 0.698. The fraction of sp³-hybridized carbons (Fsp3) is 0.312. The van der Waals surface area contributed by atoms with Gasteiger partial charge in [0.15, 0.2) is 10.8 Å². The number of anilines is 1. The minimum absolute atomic E-state index is 0.0669. The van der Waals surface area contributed by atoms with Gasteiger partial charge in [-0.25, -0.2) is 9.78 Å². The van der Waals surface area contributed by atoms with Gasteiger partial charge >= 0.3 is 5.97 Å². The number of aromatic nitrogens is 1. The second-order valence-corrected chi connectivity index (χ2v) is 8.13. The van der Waals surface area contributed by atoms with Crippen LogP contribution < -0.4 is 5.73 Å². The summed E-state index contributed by atoms with van der Waals surface area (Å²) < 4.78 is 0. The molecule has 0 radical (unpaired) electrons. The van der Waals surface area contributed by atoms with Crippen molar-refractivity contribution >= 4 is 51.7 Å². The van der Waals surface area contributed by atoms with Crippen LogP contribution in [0.15, 0.2) is 34.3 Å². The van der Waals surface area contributed by atoms with E-state index in [1.165, 1.54) is 39.0 Å². The molecule has 0 aliphatic carbocycles. The smallest absolute Gasteiger partial charge is 0.352 e. The van der Waals surface area contributed by atoms with Crippen molar-refractivity contribution < 1.29 is 19.5 Å². The van der Waals surface area contributed by atoms with Gasteiger partial charge in [-0.3, -0.25) is 19.5 Å². The number of rotatable bonds is 4. The van der Waals surface area contributed by atoms with Gasteiger partial charge in [0.05, 0.1) is 0 Å². The van der Waals surface area contributed by atoms with E-state index >= 15 is 0 Å². The van der Waals surface area contributed by atoms with Crippen LogP contribution in [0.3, 0.4) is 0 Å². The number of amides is 2. The van der Waals surface area contributed by atoms with Gasteiger partial charge in [-0.15, -0.1) is 23.1 Å². The van der Waals surface area contributed by atoms with Gasteiger partial charge in [-0.2, -0.15) is 0 Å². The second-order valence-electron chi connectivity index (χ2n) is 6.13. The van der Waals surface area contributed by atoms with Crippen molar-refractivity contribution in [1.29, 1.82) is 0 Å².